The van der Waals surface area contributed by atoms with E-state index >= 15 is 0 Å². The molecule has 2 atom stereocenters. The lowest BCUT2D eigenvalue weighted by Gasteiger charge is -2.32. The summed E-state index contributed by atoms with van der Waals surface area (Å²) in [5.74, 6) is 0.191. The molecule has 2 heterocycles. The number of nitrogens with zero attached hydrogens (tertiary/aromatic N) is 2. The first-order chi connectivity index (χ1) is 13.5. The molecule has 0 N–H and O–H groups in total. The monoisotopic (exact) mass is 398 g/mol. The van der Waals surface area contributed by atoms with Crippen LogP contribution in [0.5, 0.6) is 0 Å². The van der Waals surface area contributed by atoms with E-state index in [1.54, 1.807) is 4.90 Å². The number of sulfone groups is 1. The average Bonchev–Trinajstić information content (AvgIpc) is 3.29. The van der Waals surface area contributed by atoms with Gasteiger partial charge in [-0.05, 0) is 43.5 Å². The van der Waals surface area contributed by atoms with Gasteiger partial charge < -0.3 is 4.90 Å². The Labute approximate surface area is 166 Å². The highest BCUT2D eigenvalue weighted by atomic mass is 32.2. The summed E-state index contributed by atoms with van der Waals surface area (Å²) >= 11 is 0. The Morgan fingerprint density at radius 1 is 1.00 bits per heavy atom. The largest absolute Gasteiger partial charge is 0.307 e. The number of carbonyl (C=O) groups excluding carboxylic acids is 1. The van der Waals surface area contributed by atoms with E-state index in [4.69, 9.17) is 0 Å². The van der Waals surface area contributed by atoms with Crippen molar-refractivity contribution in [2.75, 3.05) is 29.5 Å². The highest BCUT2D eigenvalue weighted by Crippen LogP contribution is 2.32. The van der Waals surface area contributed by atoms with Gasteiger partial charge in [-0.15, -0.1) is 0 Å². The minimum absolute atomic E-state index is 0.0175. The second kappa shape index (κ2) is 8.05. The fourth-order valence-electron chi connectivity index (χ4n) is 4.44. The first-order valence-corrected chi connectivity index (χ1v) is 11.7. The minimum Gasteiger partial charge on any atom is -0.307 e. The first-order valence-electron chi connectivity index (χ1n) is 9.90. The van der Waals surface area contributed by atoms with Gasteiger partial charge in [0.2, 0.25) is 5.91 Å². The predicted octanol–water partition coefficient (Wildman–Crippen LogP) is 3.04. The third-order valence-electron chi connectivity index (χ3n) is 5.76. The van der Waals surface area contributed by atoms with E-state index in [2.05, 4.69) is 17.0 Å². The standard InChI is InChI=1S/C22H26N2O3S/c25-22(16-23-14-7-12-21(23)18-8-3-1-4-9-18)24(19-10-5-2-6-11-19)20-13-15-28(26,27)17-20/h1-6,8-11,20-21H,7,12-17H2/t20-,21-/m1/s1. The maximum Gasteiger partial charge on any atom is 0.241 e. The molecule has 28 heavy (non-hydrogen) atoms. The highest BCUT2D eigenvalue weighted by Gasteiger charge is 2.37. The van der Waals surface area contributed by atoms with Crippen molar-refractivity contribution in [1.29, 1.82) is 0 Å². The van der Waals surface area contributed by atoms with E-state index in [0.717, 1.165) is 25.1 Å². The highest BCUT2D eigenvalue weighted by molar-refractivity contribution is 7.91. The van der Waals surface area contributed by atoms with E-state index in [-0.39, 0.29) is 29.5 Å². The molecule has 1 amide bonds. The second-order valence-electron chi connectivity index (χ2n) is 7.70. The quantitative estimate of drug-likeness (QED) is 0.777. The van der Waals surface area contributed by atoms with Crippen LogP contribution < -0.4 is 4.90 Å². The van der Waals surface area contributed by atoms with Crippen LogP contribution in [0.15, 0.2) is 60.7 Å². The third kappa shape index (κ3) is 4.13. The lowest BCUT2D eigenvalue weighted by atomic mass is 10.0. The Hall–Kier alpha value is -2.18. The molecule has 2 aliphatic heterocycles. The van der Waals surface area contributed by atoms with Gasteiger partial charge in [0.15, 0.2) is 9.84 Å². The average molecular weight is 399 g/mol. The van der Waals surface area contributed by atoms with Crippen molar-refractivity contribution in [1.82, 2.24) is 4.90 Å². The van der Waals surface area contributed by atoms with E-state index < -0.39 is 9.84 Å². The number of hydrogen-bond acceptors (Lipinski definition) is 4. The van der Waals surface area contributed by atoms with Crippen LogP contribution in [-0.4, -0.2) is 49.9 Å². The SMILES string of the molecule is O=C(CN1CCC[C@@H]1c1ccccc1)N(c1ccccc1)[C@@H]1CCS(=O)(=O)C1. The van der Waals surface area contributed by atoms with Crippen molar-refractivity contribution in [3.05, 3.63) is 66.2 Å². The molecule has 2 fully saturated rings. The van der Waals surface area contributed by atoms with Crippen LogP contribution in [0, 0.1) is 0 Å². The summed E-state index contributed by atoms with van der Waals surface area (Å²) in [6.07, 6.45) is 2.61. The minimum atomic E-state index is -3.07. The summed E-state index contributed by atoms with van der Waals surface area (Å²) in [4.78, 5) is 17.3. The zero-order chi connectivity index (χ0) is 19.6. The number of amides is 1. The molecule has 6 heteroatoms. The zero-order valence-corrected chi connectivity index (χ0v) is 16.7. The normalized spacial score (nSPS) is 24.3. The van der Waals surface area contributed by atoms with Gasteiger partial charge in [-0.2, -0.15) is 0 Å². The van der Waals surface area contributed by atoms with Crippen LogP contribution in [0.4, 0.5) is 5.69 Å². The van der Waals surface area contributed by atoms with Crippen molar-refractivity contribution in [2.24, 2.45) is 0 Å². The van der Waals surface area contributed by atoms with Gasteiger partial charge in [-0.3, -0.25) is 9.69 Å². The first kappa shape index (κ1) is 19.2. The molecule has 5 nitrogen and oxygen atoms in total. The van der Waals surface area contributed by atoms with E-state index in [1.165, 1.54) is 5.56 Å². The summed E-state index contributed by atoms with van der Waals surface area (Å²) in [5.41, 5.74) is 2.02. The Bertz CT molecular complexity index is 915. The van der Waals surface area contributed by atoms with Crippen LogP contribution in [0.2, 0.25) is 0 Å². The molecule has 0 unspecified atom stereocenters. The fourth-order valence-corrected chi connectivity index (χ4v) is 6.14. The number of anilines is 1. The molecular weight excluding hydrogens is 372 g/mol. The molecule has 0 spiro atoms. The Balaban J connectivity index is 1.56. The number of para-hydroxylation sites is 1. The van der Waals surface area contributed by atoms with Gasteiger partial charge >= 0.3 is 0 Å². The molecule has 2 aromatic carbocycles. The van der Waals surface area contributed by atoms with Gasteiger partial charge in [0, 0.05) is 11.7 Å². The molecule has 148 valence electrons. The fraction of sp³-hybridized carbons (Fsp3) is 0.409. The van der Waals surface area contributed by atoms with Crippen molar-refractivity contribution < 1.29 is 13.2 Å². The van der Waals surface area contributed by atoms with Crippen LogP contribution in [0.1, 0.15) is 30.9 Å². The lowest BCUT2D eigenvalue weighted by molar-refractivity contribution is -0.120. The zero-order valence-electron chi connectivity index (χ0n) is 15.9. The molecule has 0 bridgehead atoms. The molecule has 2 aliphatic rings. The van der Waals surface area contributed by atoms with Gasteiger partial charge in [0.1, 0.15) is 0 Å². The third-order valence-corrected chi connectivity index (χ3v) is 7.51. The lowest BCUT2D eigenvalue weighted by Crippen LogP contribution is -2.46. The molecule has 0 aromatic heterocycles. The Kier molecular flexibility index (Phi) is 5.51. The smallest absolute Gasteiger partial charge is 0.241 e. The number of hydrogen-bond donors (Lipinski definition) is 0. The summed E-state index contributed by atoms with van der Waals surface area (Å²) in [6.45, 7) is 1.20. The summed E-state index contributed by atoms with van der Waals surface area (Å²) < 4.78 is 24.1. The number of rotatable bonds is 5. The van der Waals surface area contributed by atoms with Gasteiger partial charge in [0.25, 0.3) is 0 Å². The van der Waals surface area contributed by atoms with E-state index in [0.29, 0.717) is 13.0 Å². The molecule has 0 aliphatic carbocycles. The maximum atomic E-state index is 13.4. The van der Waals surface area contributed by atoms with Crippen LogP contribution in [0.3, 0.4) is 0 Å². The summed E-state index contributed by atoms with van der Waals surface area (Å²) in [6, 6.07) is 19.7. The van der Waals surface area contributed by atoms with Crippen molar-refractivity contribution in [3.8, 4) is 0 Å². The van der Waals surface area contributed by atoms with Crippen molar-refractivity contribution in [3.63, 3.8) is 0 Å². The predicted molar refractivity (Wildman–Crippen MR) is 111 cm³/mol. The Morgan fingerprint density at radius 2 is 1.68 bits per heavy atom. The Morgan fingerprint density at radius 3 is 2.32 bits per heavy atom. The summed E-state index contributed by atoms with van der Waals surface area (Å²) in [7, 11) is -3.07. The van der Waals surface area contributed by atoms with Crippen LogP contribution in [-0.2, 0) is 14.6 Å². The topological polar surface area (TPSA) is 57.7 Å². The van der Waals surface area contributed by atoms with Gasteiger partial charge in [0.05, 0.1) is 24.1 Å². The van der Waals surface area contributed by atoms with Gasteiger partial charge in [-0.25, -0.2) is 8.42 Å². The second-order valence-corrected chi connectivity index (χ2v) is 9.92. The maximum absolute atomic E-state index is 13.4. The molecule has 2 aromatic rings. The molecule has 0 saturated carbocycles. The molecular formula is C22H26N2O3S. The number of likely N-dealkylation sites (tertiary alicyclic amines) is 1. The van der Waals surface area contributed by atoms with Crippen molar-refractivity contribution in [2.45, 2.75) is 31.3 Å². The number of benzene rings is 2. The molecule has 2 saturated heterocycles. The van der Waals surface area contributed by atoms with Gasteiger partial charge in [-0.1, -0.05) is 48.5 Å². The number of carbonyl (C=O) groups is 1. The summed E-state index contributed by atoms with van der Waals surface area (Å²) in [5, 5.41) is 0. The molecule has 0 radical (unpaired) electrons. The van der Waals surface area contributed by atoms with E-state index in [1.807, 2.05) is 48.5 Å². The van der Waals surface area contributed by atoms with Crippen LogP contribution in [0.25, 0.3) is 0 Å². The van der Waals surface area contributed by atoms with E-state index in [9.17, 15) is 13.2 Å². The van der Waals surface area contributed by atoms with Crippen molar-refractivity contribution >= 4 is 21.4 Å². The molecule has 4 rings (SSSR count). The van der Waals surface area contributed by atoms with Crippen LogP contribution >= 0.6 is 0 Å².